The lowest BCUT2D eigenvalue weighted by molar-refractivity contribution is 0.1000. The van der Waals surface area contributed by atoms with Gasteiger partial charge >= 0.3 is 0 Å². The number of nitrogens with zero attached hydrogens (tertiary/aromatic N) is 1. The summed E-state index contributed by atoms with van der Waals surface area (Å²) in [5, 5.41) is -0.543. The first-order chi connectivity index (χ1) is 7.19. The van der Waals surface area contributed by atoms with Gasteiger partial charge in [0.25, 0.3) is 5.91 Å². The van der Waals surface area contributed by atoms with Crippen LogP contribution in [-0.2, 0) is 10.0 Å². The molecule has 0 aliphatic carbocycles. The molecule has 0 saturated carbocycles. The molecular weight excluding hydrogens is 228 g/mol. The molecule has 0 bridgehead atoms. The van der Waals surface area contributed by atoms with Gasteiger partial charge in [-0.2, -0.15) is 0 Å². The molecule has 0 aliphatic rings. The monoisotopic (exact) mass is 244 g/mol. The van der Waals surface area contributed by atoms with Crippen LogP contribution in [0.2, 0.25) is 0 Å². The Bertz CT molecular complexity index is 527. The van der Waals surface area contributed by atoms with Crippen LogP contribution in [0, 0.1) is 13.8 Å². The van der Waals surface area contributed by atoms with E-state index in [2.05, 4.69) is 0 Å². The Morgan fingerprint density at radius 2 is 1.88 bits per heavy atom. The minimum absolute atomic E-state index is 0.252. The fraction of sp³-hybridized carbons (Fsp3) is 0.500. The molecular formula is C10H16N2O3S. The van der Waals surface area contributed by atoms with Gasteiger partial charge in [-0.3, -0.25) is 4.79 Å². The van der Waals surface area contributed by atoms with Crippen LogP contribution in [0.15, 0.2) is 6.20 Å². The quantitative estimate of drug-likeness (QED) is 0.853. The second kappa shape index (κ2) is 3.93. The second-order valence-electron chi connectivity index (χ2n) is 4.01. The Kier molecular flexibility index (Phi) is 3.14. The number of primary amides is 1. The van der Waals surface area contributed by atoms with E-state index >= 15 is 0 Å². The van der Waals surface area contributed by atoms with Crippen LogP contribution in [0.5, 0.6) is 0 Å². The fourth-order valence-electron chi connectivity index (χ4n) is 1.41. The Labute approximate surface area is 95.3 Å². The zero-order valence-electron chi connectivity index (χ0n) is 9.81. The van der Waals surface area contributed by atoms with E-state index in [1.165, 1.54) is 6.20 Å². The van der Waals surface area contributed by atoms with Crippen LogP contribution in [0.1, 0.15) is 35.5 Å². The number of hydrogen-bond acceptors (Lipinski definition) is 3. The topological polar surface area (TPSA) is 82.2 Å². The van der Waals surface area contributed by atoms with Gasteiger partial charge in [0.1, 0.15) is 0 Å². The first-order valence-electron chi connectivity index (χ1n) is 4.92. The van der Waals surface area contributed by atoms with Crippen molar-refractivity contribution in [3.05, 3.63) is 23.0 Å². The van der Waals surface area contributed by atoms with Gasteiger partial charge in [-0.05, 0) is 33.3 Å². The van der Waals surface area contributed by atoms with Crippen molar-refractivity contribution in [2.75, 3.05) is 0 Å². The predicted octanol–water partition coefficient (Wildman–Crippen LogP) is 0.790. The predicted molar refractivity (Wildman–Crippen MR) is 61.9 cm³/mol. The van der Waals surface area contributed by atoms with Crippen molar-refractivity contribution in [2.24, 2.45) is 5.73 Å². The fourth-order valence-corrected chi connectivity index (χ4v) is 2.64. The van der Waals surface area contributed by atoms with Crippen LogP contribution in [-0.4, -0.2) is 23.5 Å². The highest BCUT2D eigenvalue weighted by Crippen LogP contribution is 2.19. The third kappa shape index (κ3) is 1.84. The molecule has 0 radical (unpaired) electrons. The molecule has 6 heteroatoms. The summed E-state index contributed by atoms with van der Waals surface area (Å²) in [5.41, 5.74) is 6.56. The van der Waals surface area contributed by atoms with Crippen LogP contribution < -0.4 is 5.73 Å². The van der Waals surface area contributed by atoms with Gasteiger partial charge in [0.15, 0.2) is 0 Å². The molecule has 90 valence electrons. The second-order valence-corrected chi connectivity index (χ2v) is 6.37. The smallest absolute Gasteiger partial charge is 0.250 e. The first-order valence-corrected chi connectivity index (χ1v) is 6.42. The standard InChI is InChI=1S/C10H16N2O3S/c1-6(2)16(14,15)12-5-9(10(11)13)7(3)8(12)4/h5-6H,1-4H3,(H2,11,13). The molecule has 0 aliphatic heterocycles. The minimum atomic E-state index is -3.43. The van der Waals surface area contributed by atoms with Gasteiger partial charge in [0, 0.05) is 11.9 Å². The van der Waals surface area contributed by atoms with E-state index in [1.807, 2.05) is 0 Å². The van der Waals surface area contributed by atoms with E-state index in [-0.39, 0.29) is 5.56 Å². The van der Waals surface area contributed by atoms with Crippen molar-refractivity contribution in [1.82, 2.24) is 3.97 Å². The number of carbonyl (C=O) groups excluding carboxylic acids is 1. The largest absolute Gasteiger partial charge is 0.366 e. The van der Waals surface area contributed by atoms with Gasteiger partial charge in [-0.1, -0.05) is 0 Å². The van der Waals surface area contributed by atoms with Crippen molar-refractivity contribution >= 4 is 15.9 Å². The molecule has 0 spiro atoms. The number of nitrogens with two attached hydrogens (primary N) is 1. The summed E-state index contributed by atoms with van der Waals surface area (Å²) in [5.74, 6) is -0.613. The van der Waals surface area contributed by atoms with E-state index in [0.717, 1.165) is 3.97 Å². The van der Waals surface area contributed by atoms with E-state index in [9.17, 15) is 13.2 Å². The Hall–Kier alpha value is -1.30. The molecule has 0 fully saturated rings. The van der Waals surface area contributed by atoms with Crippen molar-refractivity contribution in [3.63, 3.8) is 0 Å². The van der Waals surface area contributed by atoms with Gasteiger partial charge in [0.2, 0.25) is 10.0 Å². The molecule has 1 aromatic rings. The highest BCUT2D eigenvalue weighted by atomic mass is 32.2. The molecule has 2 N–H and O–H groups in total. The molecule has 0 aromatic carbocycles. The van der Waals surface area contributed by atoms with E-state index in [0.29, 0.717) is 11.3 Å². The van der Waals surface area contributed by atoms with Crippen LogP contribution >= 0.6 is 0 Å². The van der Waals surface area contributed by atoms with Crippen molar-refractivity contribution in [1.29, 1.82) is 0 Å². The summed E-state index contributed by atoms with van der Waals surface area (Å²) in [6.07, 6.45) is 1.29. The molecule has 1 heterocycles. The number of aromatic nitrogens is 1. The summed E-state index contributed by atoms with van der Waals surface area (Å²) in [6.45, 7) is 6.52. The molecule has 0 atom stereocenters. The Balaban J connectivity index is 3.50. The van der Waals surface area contributed by atoms with Gasteiger partial charge in [0.05, 0.1) is 10.8 Å². The Morgan fingerprint density at radius 1 is 1.38 bits per heavy atom. The van der Waals surface area contributed by atoms with Crippen molar-refractivity contribution in [3.8, 4) is 0 Å². The number of rotatable bonds is 3. The van der Waals surface area contributed by atoms with Crippen molar-refractivity contribution in [2.45, 2.75) is 32.9 Å². The number of hydrogen-bond donors (Lipinski definition) is 1. The lowest BCUT2D eigenvalue weighted by Gasteiger charge is -2.10. The zero-order valence-corrected chi connectivity index (χ0v) is 10.6. The molecule has 1 aromatic heterocycles. The summed E-state index contributed by atoms with van der Waals surface area (Å²) < 4.78 is 25.0. The van der Waals surface area contributed by atoms with Crippen molar-refractivity contribution < 1.29 is 13.2 Å². The minimum Gasteiger partial charge on any atom is -0.366 e. The third-order valence-electron chi connectivity index (χ3n) is 2.66. The van der Waals surface area contributed by atoms with E-state index in [1.54, 1.807) is 27.7 Å². The van der Waals surface area contributed by atoms with E-state index in [4.69, 9.17) is 5.73 Å². The van der Waals surface area contributed by atoms with E-state index < -0.39 is 21.2 Å². The maximum Gasteiger partial charge on any atom is 0.250 e. The maximum absolute atomic E-state index is 12.0. The van der Waals surface area contributed by atoms with Crippen LogP contribution in [0.25, 0.3) is 0 Å². The summed E-state index contributed by atoms with van der Waals surface area (Å²) in [4.78, 5) is 11.1. The van der Waals surface area contributed by atoms with Gasteiger partial charge in [-0.25, -0.2) is 12.4 Å². The highest BCUT2D eigenvalue weighted by molar-refractivity contribution is 7.90. The molecule has 5 nitrogen and oxygen atoms in total. The van der Waals surface area contributed by atoms with Crippen LogP contribution in [0.4, 0.5) is 0 Å². The summed E-state index contributed by atoms with van der Waals surface area (Å²) in [6, 6.07) is 0. The Morgan fingerprint density at radius 3 is 2.19 bits per heavy atom. The third-order valence-corrected chi connectivity index (χ3v) is 4.78. The molecule has 16 heavy (non-hydrogen) atoms. The normalized spacial score (nSPS) is 12.1. The van der Waals surface area contributed by atoms with Crippen LogP contribution in [0.3, 0.4) is 0 Å². The lowest BCUT2D eigenvalue weighted by Crippen LogP contribution is -2.22. The van der Waals surface area contributed by atoms with Gasteiger partial charge < -0.3 is 5.73 Å². The van der Waals surface area contributed by atoms with Gasteiger partial charge in [-0.15, -0.1) is 0 Å². The molecule has 0 saturated heterocycles. The maximum atomic E-state index is 12.0. The zero-order chi connectivity index (χ0) is 12.7. The summed E-state index contributed by atoms with van der Waals surface area (Å²) >= 11 is 0. The first kappa shape index (κ1) is 12.8. The lowest BCUT2D eigenvalue weighted by atomic mass is 10.2. The highest BCUT2D eigenvalue weighted by Gasteiger charge is 2.23. The molecule has 0 unspecified atom stereocenters. The average Bonchev–Trinajstić information content (AvgIpc) is 2.44. The molecule has 1 rings (SSSR count). The SMILES string of the molecule is Cc1c(C(N)=O)cn(S(=O)(=O)C(C)C)c1C. The summed E-state index contributed by atoms with van der Waals surface area (Å²) in [7, 11) is -3.43. The number of amides is 1. The number of carbonyl (C=O) groups is 1. The average molecular weight is 244 g/mol. The molecule has 1 amide bonds.